The standard InChI is InChI=1S/C18H21N3O3/c1-18(2,3)14-8-6-13(7-9-14)11-20-21-16(22)12-19-17(23)15-5-4-10-24-15/h4-11H,12H2,1-3H3,(H,19,23)(H,21,22)/b20-11-. The number of rotatable bonds is 5. The Morgan fingerprint density at radius 2 is 1.88 bits per heavy atom. The van der Waals surface area contributed by atoms with E-state index in [1.165, 1.54) is 17.9 Å². The van der Waals surface area contributed by atoms with E-state index in [1.54, 1.807) is 12.3 Å². The second-order valence-corrected chi connectivity index (χ2v) is 6.33. The van der Waals surface area contributed by atoms with Gasteiger partial charge in [-0.3, -0.25) is 9.59 Å². The van der Waals surface area contributed by atoms with Gasteiger partial charge in [0.1, 0.15) is 0 Å². The molecule has 0 radical (unpaired) electrons. The number of hydrogen-bond acceptors (Lipinski definition) is 4. The van der Waals surface area contributed by atoms with Crippen molar-refractivity contribution in [2.45, 2.75) is 26.2 Å². The number of hydrazone groups is 1. The fourth-order valence-electron chi connectivity index (χ4n) is 1.94. The van der Waals surface area contributed by atoms with E-state index >= 15 is 0 Å². The van der Waals surface area contributed by atoms with Crippen LogP contribution >= 0.6 is 0 Å². The molecule has 1 heterocycles. The topological polar surface area (TPSA) is 83.7 Å². The molecule has 0 spiro atoms. The first-order chi connectivity index (χ1) is 11.4. The number of benzene rings is 1. The predicted octanol–water partition coefficient (Wildman–Crippen LogP) is 2.46. The van der Waals surface area contributed by atoms with Crippen LogP contribution in [0, 0.1) is 0 Å². The predicted molar refractivity (Wildman–Crippen MR) is 91.9 cm³/mol. The van der Waals surface area contributed by atoms with E-state index in [4.69, 9.17) is 4.42 Å². The normalized spacial score (nSPS) is 11.5. The van der Waals surface area contributed by atoms with Crippen molar-refractivity contribution in [3.05, 3.63) is 59.5 Å². The summed E-state index contributed by atoms with van der Waals surface area (Å²) in [6, 6.07) is 11.1. The lowest BCUT2D eigenvalue weighted by Crippen LogP contribution is -2.34. The van der Waals surface area contributed by atoms with Crippen LogP contribution in [0.5, 0.6) is 0 Å². The van der Waals surface area contributed by atoms with Gasteiger partial charge in [-0.2, -0.15) is 5.10 Å². The number of nitrogens with one attached hydrogen (secondary N) is 2. The van der Waals surface area contributed by atoms with Crippen molar-refractivity contribution in [2.24, 2.45) is 5.10 Å². The van der Waals surface area contributed by atoms with Crippen molar-refractivity contribution < 1.29 is 14.0 Å². The van der Waals surface area contributed by atoms with Crippen molar-refractivity contribution >= 4 is 18.0 Å². The zero-order valence-electron chi connectivity index (χ0n) is 14.0. The van der Waals surface area contributed by atoms with Gasteiger partial charge in [0.25, 0.3) is 11.8 Å². The lowest BCUT2D eigenvalue weighted by atomic mass is 9.87. The number of carbonyl (C=O) groups is 2. The molecule has 0 bridgehead atoms. The zero-order valence-corrected chi connectivity index (χ0v) is 14.0. The Hall–Kier alpha value is -2.89. The maximum atomic E-state index is 11.6. The van der Waals surface area contributed by atoms with Crippen LogP contribution in [-0.2, 0) is 10.2 Å². The van der Waals surface area contributed by atoms with Crippen molar-refractivity contribution in [1.82, 2.24) is 10.7 Å². The van der Waals surface area contributed by atoms with Crippen LogP contribution in [0.2, 0.25) is 0 Å². The van der Waals surface area contributed by atoms with Crippen molar-refractivity contribution in [1.29, 1.82) is 0 Å². The number of amides is 2. The van der Waals surface area contributed by atoms with Crippen LogP contribution in [0.1, 0.15) is 42.5 Å². The third-order valence-electron chi connectivity index (χ3n) is 3.33. The van der Waals surface area contributed by atoms with E-state index in [2.05, 4.69) is 36.6 Å². The molecule has 0 saturated heterocycles. The Morgan fingerprint density at radius 1 is 1.17 bits per heavy atom. The third-order valence-corrected chi connectivity index (χ3v) is 3.33. The van der Waals surface area contributed by atoms with E-state index < -0.39 is 11.8 Å². The second kappa shape index (κ2) is 7.59. The van der Waals surface area contributed by atoms with Gasteiger partial charge in [0.15, 0.2) is 5.76 Å². The molecule has 2 N–H and O–H groups in total. The molecule has 6 heteroatoms. The average molecular weight is 327 g/mol. The van der Waals surface area contributed by atoms with Gasteiger partial charge in [0.05, 0.1) is 19.0 Å². The summed E-state index contributed by atoms with van der Waals surface area (Å²) >= 11 is 0. The Morgan fingerprint density at radius 3 is 2.46 bits per heavy atom. The molecule has 0 atom stereocenters. The molecule has 0 aliphatic carbocycles. The molecule has 0 fully saturated rings. The minimum Gasteiger partial charge on any atom is -0.459 e. The highest BCUT2D eigenvalue weighted by Gasteiger charge is 2.12. The summed E-state index contributed by atoms with van der Waals surface area (Å²) in [5, 5.41) is 6.31. The monoisotopic (exact) mass is 327 g/mol. The van der Waals surface area contributed by atoms with Gasteiger partial charge in [-0.1, -0.05) is 45.0 Å². The molecule has 2 aromatic rings. The van der Waals surface area contributed by atoms with Crippen molar-refractivity contribution in [2.75, 3.05) is 6.54 Å². The van der Waals surface area contributed by atoms with Gasteiger partial charge in [-0.15, -0.1) is 0 Å². The summed E-state index contributed by atoms with van der Waals surface area (Å²) in [6.07, 6.45) is 2.95. The SMILES string of the molecule is CC(C)(C)c1ccc(/C=N\NC(=O)CNC(=O)c2ccco2)cc1. The van der Waals surface area contributed by atoms with Crippen molar-refractivity contribution in [3.63, 3.8) is 0 Å². The number of carbonyl (C=O) groups excluding carboxylic acids is 2. The van der Waals surface area contributed by atoms with Crippen LogP contribution in [0.3, 0.4) is 0 Å². The fraction of sp³-hybridized carbons (Fsp3) is 0.278. The maximum Gasteiger partial charge on any atom is 0.287 e. The van der Waals surface area contributed by atoms with Gasteiger partial charge in [0.2, 0.25) is 0 Å². The molecule has 1 aromatic carbocycles. The molecule has 2 rings (SSSR count). The Kier molecular flexibility index (Phi) is 5.52. The lowest BCUT2D eigenvalue weighted by Gasteiger charge is -2.18. The Bertz CT molecular complexity index is 711. The molecule has 24 heavy (non-hydrogen) atoms. The van der Waals surface area contributed by atoms with E-state index in [0.717, 1.165) is 5.56 Å². The average Bonchev–Trinajstić information content (AvgIpc) is 3.07. The Balaban J connectivity index is 1.79. The lowest BCUT2D eigenvalue weighted by molar-refractivity contribution is -0.120. The summed E-state index contributed by atoms with van der Waals surface area (Å²) in [7, 11) is 0. The Labute approximate surface area is 140 Å². The maximum absolute atomic E-state index is 11.6. The van der Waals surface area contributed by atoms with E-state index in [9.17, 15) is 9.59 Å². The summed E-state index contributed by atoms with van der Waals surface area (Å²) in [5.41, 5.74) is 4.56. The molecule has 2 amide bonds. The summed E-state index contributed by atoms with van der Waals surface area (Å²) in [5.74, 6) is -0.709. The number of hydrogen-bond donors (Lipinski definition) is 2. The quantitative estimate of drug-likeness (QED) is 0.653. The van der Waals surface area contributed by atoms with Crippen LogP contribution in [-0.4, -0.2) is 24.6 Å². The van der Waals surface area contributed by atoms with Gasteiger partial charge in [-0.05, 0) is 28.7 Å². The largest absolute Gasteiger partial charge is 0.459 e. The van der Waals surface area contributed by atoms with Gasteiger partial charge in [0, 0.05) is 0 Å². The number of nitrogens with zero attached hydrogens (tertiary/aromatic N) is 1. The minimum absolute atomic E-state index is 0.0933. The minimum atomic E-state index is -0.447. The highest BCUT2D eigenvalue weighted by atomic mass is 16.3. The summed E-state index contributed by atoms with van der Waals surface area (Å²) in [4.78, 5) is 23.2. The molecule has 0 saturated carbocycles. The van der Waals surface area contributed by atoms with E-state index in [0.29, 0.717) is 0 Å². The summed E-state index contributed by atoms with van der Waals surface area (Å²) in [6.45, 7) is 6.26. The second-order valence-electron chi connectivity index (χ2n) is 6.33. The molecular formula is C18H21N3O3. The van der Waals surface area contributed by atoms with Crippen LogP contribution in [0.25, 0.3) is 0 Å². The third kappa shape index (κ3) is 5.08. The highest BCUT2D eigenvalue weighted by molar-refractivity contribution is 5.94. The molecule has 0 aliphatic heterocycles. The van der Waals surface area contributed by atoms with Gasteiger partial charge in [-0.25, -0.2) is 5.43 Å². The first-order valence-corrected chi connectivity index (χ1v) is 7.60. The zero-order chi connectivity index (χ0) is 17.6. The smallest absolute Gasteiger partial charge is 0.287 e. The molecule has 0 aliphatic rings. The molecular weight excluding hydrogens is 306 g/mol. The van der Waals surface area contributed by atoms with Crippen molar-refractivity contribution in [3.8, 4) is 0 Å². The molecule has 6 nitrogen and oxygen atoms in total. The first-order valence-electron chi connectivity index (χ1n) is 7.60. The number of furan rings is 1. The van der Waals surface area contributed by atoms with Crippen LogP contribution in [0.15, 0.2) is 52.2 Å². The van der Waals surface area contributed by atoms with E-state index in [-0.39, 0.29) is 17.7 Å². The highest BCUT2D eigenvalue weighted by Crippen LogP contribution is 2.21. The van der Waals surface area contributed by atoms with Gasteiger partial charge < -0.3 is 9.73 Å². The van der Waals surface area contributed by atoms with E-state index in [1.807, 2.05) is 24.3 Å². The molecule has 1 aromatic heterocycles. The summed E-state index contributed by atoms with van der Waals surface area (Å²) < 4.78 is 4.93. The van der Waals surface area contributed by atoms with Crippen LogP contribution < -0.4 is 10.7 Å². The van der Waals surface area contributed by atoms with Crippen LogP contribution in [0.4, 0.5) is 0 Å². The van der Waals surface area contributed by atoms with Gasteiger partial charge >= 0.3 is 0 Å². The molecule has 126 valence electrons. The first kappa shape index (κ1) is 17.5. The molecule has 0 unspecified atom stereocenters. The fourth-order valence-corrected chi connectivity index (χ4v) is 1.94.